The van der Waals surface area contributed by atoms with Crippen LogP contribution in [0.4, 0.5) is 0 Å². The van der Waals surface area contributed by atoms with E-state index in [4.69, 9.17) is 5.73 Å². The first kappa shape index (κ1) is 10.8. The summed E-state index contributed by atoms with van der Waals surface area (Å²) in [5.41, 5.74) is 7.21. The summed E-state index contributed by atoms with van der Waals surface area (Å²) in [7, 11) is 0. The van der Waals surface area contributed by atoms with Crippen molar-refractivity contribution in [3.8, 4) is 0 Å². The molecule has 2 aromatic rings. The zero-order valence-electron chi connectivity index (χ0n) is 9.46. The normalized spacial score (nSPS) is 11.7. The van der Waals surface area contributed by atoms with Crippen molar-refractivity contribution in [2.45, 2.75) is 25.9 Å². The molecule has 2 rings (SSSR count). The summed E-state index contributed by atoms with van der Waals surface area (Å²) in [5.74, 6) is 0. The molecular formula is C11H15N5. The minimum absolute atomic E-state index is 0.456. The van der Waals surface area contributed by atoms with E-state index in [0.717, 1.165) is 11.4 Å². The van der Waals surface area contributed by atoms with Crippen molar-refractivity contribution in [3.05, 3.63) is 42.0 Å². The fourth-order valence-corrected chi connectivity index (χ4v) is 1.33. The molecule has 0 aliphatic carbocycles. The van der Waals surface area contributed by atoms with Gasteiger partial charge in [0.2, 0.25) is 0 Å². The zero-order chi connectivity index (χ0) is 11.6. The molecule has 0 aromatic carbocycles. The molecule has 16 heavy (non-hydrogen) atoms. The fraction of sp³-hybridized carbons (Fsp3) is 0.364. The van der Waals surface area contributed by atoms with E-state index < -0.39 is 5.54 Å². The quantitative estimate of drug-likeness (QED) is 0.829. The number of pyridine rings is 1. The lowest BCUT2D eigenvalue weighted by Gasteiger charge is -2.13. The van der Waals surface area contributed by atoms with Gasteiger partial charge in [0.1, 0.15) is 5.69 Å². The van der Waals surface area contributed by atoms with Gasteiger partial charge in [0, 0.05) is 6.20 Å². The second-order valence-corrected chi connectivity index (χ2v) is 4.34. The monoisotopic (exact) mass is 217 g/mol. The zero-order valence-corrected chi connectivity index (χ0v) is 9.46. The summed E-state index contributed by atoms with van der Waals surface area (Å²) < 4.78 is 1.74. The molecule has 0 bridgehead atoms. The van der Waals surface area contributed by atoms with Gasteiger partial charge >= 0.3 is 0 Å². The highest BCUT2D eigenvalue weighted by Crippen LogP contribution is 2.12. The highest BCUT2D eigenvalue weighted by atomic mass is 15.4. The minimum atomic E-state index is -0.456. The number of hydrogen-bond acceptors (Lipinski definition) is 4. The smallest absolute Gasteiger partial charge is 0.102 e. The van der Waals surface area contributed by atoms with E-state index in [9.17, 15) is 0 Å². The topological polar surface area (TPSA) is 69.6 Å². The molecule has 0 saturated heterocycles. The van der Waals surface area contributed by atoms with Crippen molar-refractivity contribution >= 4 is 0 Å². The van der Waals surface area contributed by atoms with Crippen LogP contribution in [-0.4, -0.2) is 20.0 Å². The number of rotatable bonds is 3. The van der Waals surface area contributed by atoms with Crippen LogP contribution in [0.2, 0.25) is 0 Å². The Kier molecular flexibility index (Phi) is 2.70. The van der Waals surface area contributed by atoms with E-state index in [2.05, 4.69) is 15.3 Å². The molecule has 0 fully saturated rings. The summed E-state index contributed by atoms with van der Waals surface area (Å²) >= 11 is 0. The van der Waals surface area contributed by atoms with Crippen LogP contribution in [0.1, 0.15) is 25.2 Å². The van der Waals surface area contributed by atoms with Crippen LogP contribution in [0.5, 0.6) is 0 Å². The first-order valence-corrected chi connectivity index (χ1v) is 5.15. The maximum atomic E-state index is 5.93. The Balaban J connectivity index is 2.15. The molecule has 5 heteroatoms. The highest BCUT2D eigenvalue weighted by molar-refractivity contribution is 5.08. The largest absolute Gasteiger partial charge is 0.320 e. The van der Waals surface area contributed by atoms with Crippen molar-refractivity contribution in [1.82, 2.24) is 20.0 Å². The van der Waals surface area contributed by atoms with E-state index in [1.54, 1.807) is 10.9 Å². The van der Waals surface area contributed by atoms with Gasteiger partial charge in [0.15, 0.2) is 0 Å². The van der Waals surface area contributed by atoms with Crippen LogP contribution in [0, 0.1) is 0 Å². The lowest BCUT2D eigenvalue weighted by molar-refractivity contribution is 0.533. The van der Waals surface area contributed by atoms with Crippen molar-refractivity contribution in [2.24, 2.45) is 5.73 Å². The molecule has 2 aromatic heterocycles. The van der Waals surface area contributed by atoms with Crippen LogP contribution in [-0.2, 0) is 12.1 Å². The van der Waals surface area contributed by atoms with Crippen LogP contribution in [0.25, 0.3) is 0 Å². The molecule has 0 amide bonds. The second-order valence-electron chi connectivity index (χ2n) is 4.34. The Bertz CT molecular complexity index is 455. The number of aromatic nitrogens is 4. The van der Waals surface area contributed by atoms with Gasteiger partial charge in [-0.15, -0.1) is 5.10 Å². The molecule has 2 heterocycles. The van der Waals surface area contributed by atoms with Gasteiger partial charge in [-0.3, -0.25) is 4.98 Å². The van der Waals surface area contributed by atoms with E-state index >= 15 is 0 Å². The maximum absolute atomic E-state index is 5.93. The van der Waals surface area contributed by atoms with Crippen LogP contribution in [0.3, 0.4) is 0 Å². The van der Waals surface area contributed by atoms with E-state index in [-0.39, 0.29) is 0 Å². The minimum Gasteiger partial charge on any atom is -0.320 e. The first-order chi connectivity index (χ1) is 7.55. The van der Waals surface area contributed by atoms with Crippen LogP contribution in [0.15, 0.2) is 30.6 Å². The molecular weight excluding hydrogens is 202 g/mol. The molecule has 0 radical (unpaired) electrons. The lowest BCUT2D eigenvalue weighted by Crippen LogP contribution is -2.29. The molecule has 0 aliphatic heterocycles. The van der Waals surface area contributed by atoms with E-state index in [1.165, 1.54) is 0 Å². The fourth-order valence-electron chi connectivity index (χ4n) is 1.33. The Hall–Kier alpha value is -1.75. The average molecular weight is 217 g/mol. The molecule has 0 aliphatic rings. The summed E-state index contributed by atoms with van der Waals surface area (Å²) in [6, 6.07) is 5.79. The molecule has 0 atom stereocenters. The summed E-state index contributed by atoms with van der Waals surface area (Å²) in [5, 5.41) is 8.07. The van der Waals surface area contributed by atoms with E-state index in [1.807, 2.05) is 38.2 Å². The Morgan fingerprint density at radius 1 is 1.38 bits per heavy atom. The standard InChI is InChI=1S/C11H15N5/c1-11(2,12)10-8-16(15-14-10)7-9-5-3-4-6-13-9/h3-6,8H,7,12H2,1-2H3. The van der Waals surface area contributed by atoms with Crippen molar-refractivity contribution in [3.63, 3.8) is 0 Å². The predicted molar refractivity (Wildman–Crippen MR) is 60.6 cm³/mol. The molecule has 84 valence electrons. The van der Waals surface area contributed by atoms with Gasteiger partial charge in [0.25, 0.3) is 0 Å². The molecule has 0 unspecified atom stereocenters. The Labute approximate surface area is 94.3 Å². The molecule has 5 nitrogen and oxygen atoms in total. The third-order valence-corrected chi connectivity index (χ3v) is 2.25. The first-order valence-electron chi connectivity index (χ1n) is 5.15. The number of nitrogens with two attached hydrogens (primary N) is 1. The van der Waals surface area contributed by atoms with Crippen LogP contribution >= 0.6 is 0 Å². The van der Waals surface area contributed by atoms with Gasteiger partial charge in [-0.05, 0) is 26.0 Å². The Morgan fingerprint density at radius 2 is 2.19 bits per heavy atom. The third-order valence-electron chi connectivity index (χ3n) is 2.25. The van der Waals surface area contributed by atoms with Crippen molar-refractivity contribution in [1.29, 1.82) is 0 Å². The van der Waals surface area contributed by atoms with Crippen molar-refractivity contribution < 1.29 is 0 Å². The van der Waals surface area contributed by atoms with Gasteiger partial charge in [-0.1, -0.05) is 11.3 Å². The number of nitrogens with zero attached hydrogens (tertiary/aromatic N) is 4. The van der Waals surface area contributed by atoms with E-state index in [0.29, 0.717) is 6.54 Å². The van der Waals surface area contributed by atoms with Crippen molar-refractivity contribution in [2.75, 3.05) is 0 Å². The third kappa shape index (κ3) is 2.43. The van der Waals surface area contributed by atoms with Gasteiger partial charge in [-0.2, -0.15) is 0 Å². The van der Waals surface area contributed by atoms with Gasteiger partial charge in [-0.25, -0.2) is 4.68 Å². The van der Waals surface area contributed by atoms with Gasteiger partial charge in [0.05, 0.1) is 24.0 Å². The number of hydrogen-bond donors (Lipinski definition) is 1. The summed E-state index contributed by atoms with van der Waals surface area (Å²) in [6.45, 7) is 4.42. The van der Waals surface area contributed by atoms with Crippen LogP contribution < -0.4 is 5.73 Å². The molecule has 0 spiro atoms. The maximum Gasteiger partial charge on any atom is 0.102 e. The highest BCUT2D eigenvalue weighted by Gasteiger charge is 2.18. The SMILES string of the molecule is CC(C)(N)c1cn(Cc2ccccn2)nn1. The molecule has 2 N–H and O–H groups in total. The Morgan fingerprint density at radius 3 is 2.75 bits per heavy atom. The average Bonchev–Trinajstić information content (AvgIpc) is 2.67. The van der Waals surface area contributed by atoms with Gasteiger partial charge < -0.3 is 5.73 Å². The predicted octanol–water partition coefficient (Wildman–Crippen LogP) is 0.915. The molecule has 0 saturated carbocycles. The lowest BCUT2D eigenvalue weighted by atomic mass is 10.0. The summed E-state index contributed by atoms with van der Waals surface area (Å²) in [4.78, 5) is 4.23. The summed E-state index contributed by atoms with van der Waals surface area (Å²) in [6.07, 6.45) is 3.62. The second kappa shape index (κ2) is 4.02.